The molecule has 90 valence electrons. The summed E-state index contributed by atoms with van der Waals surface area (Å²) >= 11 is 5.40. The van der Waals surface area contributed by atoms with Gasteiger partial charge in [0, 0.05) is 27.3 Å². The summed E-state index contributed by atoms with van der Waals surface area (Å²) in [6.07, 6.45) is 4.14. The van der Waals surface area contributed by atoms with Crippen molar-refractivity contribution in [3.05, 3.63) is 20.8 Å². The molecular weight excluding hydrogens is 282 g/mol. The van der Waals surface area contributed by atoms with E-state index in [1.807, 2.05) is 11.3 Å². The molecule has 1 fully saturated rings. The molecule has 0 amide bonds. The van der Waals surface area contributed by atoms with E-state index in [1.54, 1.807) is 0 Å². The predicted octanol–water partition coefficient (Wildman–Crippen LogP) is 4.52. The van der Waals surface area contributed by atoms with Gasteiger partial charge in [-0.15, -0.1) is 11.3 Å². The fourth-order valence-corrected chi connectivity index (χ4v) is 3.37. The third kappa shape index (κ3) is 3.86. The second-order valence-corrected chi connectivity index (χ2v) is 7.03. The van der Waals surface area contributed by atoms with Crippen molar-refractivity contribution in [2.24, 2.45) is 5.92 Å². The molecule has 1 aliphatic rings. The van der Waals surface area contributed by atoms with E-state index in [4.69, 9.17) is 0 Å². The average molecular weight is 302 g/mol. The molecule has 1 nitrogen and oxygen atoms in total. The van der Waals surface area contributed by atoms with Crippen LogP contribution >= 0.6 is 27.3 Å². The first-order valence-corrected chi connectivity index (χ1v) is 7.79. The van der Waals surface area contributed by atoms with Gasteiger partial charge in [-0.2, -0.15) is 0 Å². The summed E-state index contributed by atoms with van der Waals surface area (Å²) in [5.74, 6) is 0.816. The second-order valence-electron chi connectivity index (χ2n) is 5.12. The summed E-state index contributed by atoms with van der Waals surface area (Å²) in [5.41, 5.74) is 0. The lowest BCUT2D eigenvalue weighted by Gasteiger charge is -2.22. The molecule has 1 aliphatic carbocycles. The SMILES string of the molecule is CC(C)CCN(Cc1cc(Br)cs1)C1CC1. The van der Waals surface area contributed by atoms with Crippen molar-refractivity contribution < 1.29 is 0 Å². The van der Waals surface area contributed by atoms with Crippen molar-refractivity contribution in [1.29, 1.82) is 0 Å². The quantitative estimate of drug-likeness (QED) is 0.746. The van der Waals surface area contributed by atoms with E-state index in [-0.39, 0.29) is 0 Å². The molecule has 0 radical (unpaired) electrons. The highest BCUT2D eigenvalue weighted by atomic mass is 79.9. The van der Waals surface area contributed by atoms with Gasteiger partial charge in [-0.1, -0.05) is 13.8 Å². The lowest BCUT2D eigenvalue weighted by atomic mass is 10.1. The van der Waals surface area contributed by atoms with Crippen LogP contribution in [0.25, 0.3) is 0 Å². The molecule has 1 saturated carbocycles. The van der Waals surface area contributed by atoms with Crippen LogP contribution in [-0.4, -0.2) is 17.5 Å². The molecule has 3 heteroatoms. The molecule has 0 atom stereocenters. The van der Waals surface area contributed by atoms with E-state index >= 15 is 0 Å². The van der Waals surface area contributed by atoms with Gasteiger partial charge < -0.3 is 0 Å². The normalized spacial score (nSPS) is 16.3. The van der Waals surface area contributed by atoms with Crippen LogP contribution in [0.2, 0.25) is 0 Å². The van der Waals surface area contributed by atoms with Crippen LogP contribution in [0.1, 0.15) is 38.0 Å². The Hall–Kier alpha value is 0.140. The lowest BCUT2D eigenvalue weighted by Crippen LogP contribution is -2.27. The molecule has 0 aliphatic heterocycles. The molecule has 0 unspecified atom stereocenters. The van der Waals surface area contributed by atoms with Crippen molar-refractivity contribution in [1.82, 2.24) is 4.90 Å². The topological polar surface area (TPSA) is 3.24 Å². The number of halogens is 1. The largest absolute Gasteiger partial charge is 0.295 e. The number of hydrogen-bond donors (Lipinski definition) is 0. The maximum Gasteiger partial charge on any atom is 0.0331 e. The van der Waals surface area contributed by atoms with E-state index in [2.05, 4.69) is 46.1 Å². The summed E-state index contributed by atoms with van der Waals surface area (Å²) in [6, 6.07) is 3.13. The molecule has 0 spiro atoms. The molecule has 16 heavy (non-hydrogen) atoms. The summed E-state index contributed by atoms with van der Waals surface area (Å²) in [4.78, 5) is 4.15. The Labute approximate surface area is 111 Å². The highest BCUT2D eigenvalue weighted by molar-refractivity contribution is 9.10. The Morgan fingerprint density at radius 2 is 2.25 bits per heavy atom. The Morgan fingerprint density at radius 1 is 1.50 bits per heavy atom. The van der Waals surface area contributed by atoms with Gasteiger partial charge in [-0.05, 0) is 53.7 Å². The van der Waals surface area contributed by atoms with Crippen molar-refractivity contribution in [2.75, 3.05) is 6.54 Å². The van der Waals surface area contributed by atoms with Gasteiger partial charge in [-0.3, -0.25) is 4.90 Å². The first-order valence-electron chi connectivity index (χ1n) is 6.12. The fraction of sp³-hybridized carbons (Fsp3) is 0.692. The summed E-state index contributed by atoms with van der Waals surface area (Å²) in [5, 5.41) is 2.18. The Balaban J connectivity index is 1.87. The van der Waals surface area contributed by atoms with Gasteiger partial charge in [0.2, 0.25) is 0 Å². The van der Waals surface area contributed by atoms with Crippen LogP contribution in [0.5, 0.6) is 0 Å². The van der Waals surface area contributed by atoms with E-state index in [1.165, 1.54) is 35.2 Å². The van der Waals surface area contributed by atoms with Gasteiger partial charge in [0.1, 0.15) is 0 Å². The van der Waals surface area contributed by atoms with E-state index in [0.29, 0.717) is 0 Å². The van der Waals surface area contributed by atoms with Gasteiger partial charge >= 0.3 is 0 Å². The highest BCUT2D eigenvalue weighted by Gasteiger charge is 2.28. The number of nitrogens with zero attached hydrogens (tertiary/aromatic N) is 1. The minimum absolute atomic E-state index is 0.816. The van der Waals surface area contributed by atoms with Crippen LogP contribution in [0.15, 0.2) is 15.9 Å². The summed E-state index contributed by atoms with van der Waals surface area (Å²) < 4.78 is 1.23. The Bertz CT molecular complexity index is 330. The molecule has 1 heterocycles. The first-order chi connectivity index (χ1) is 7.65. The average Bonchev–Trinajstić information content (AvgIpc) is 2.98. The number of rotatable bonds is 6. The molecule has 0 N–H and O–H groups in total. The summed E-state index contributed by atoms with van der Waals surface area (Å²) in [7, 11) is 0. The summed E-state index contributed by atoms with van der Waals surface area (Å²) in [6.45, 7) is 7.03. The third-order valence-corrected chi connectivity index (χ3v) is 4.72. The lowest BCUT2D eigenvalue weighted by molar-refractivity contribution is 0.241. The molecule has 0 saturated heterocycles. The van der Waals surface area contributed by atoms with Crippen molar-refractivity contribution in [3.63, 3.8) is 0 Å². The van der Waals surface area contributed by atoms with Gasteiger partial charge in [0.25, 0.3) is 0 Å². The van der Waals surface area contributed by atoms with Crippen molar-refractivity contribution in [2.45, 2.75) is 45.7 Å². The van der Waals surface area contributed by atoms with Crippen LogP contribution < -0.4 is 0 Å². The zero-order chi connectivity index (χ0) is 11.5. The van der Waals surface area contributed by atoms with Crippen LogP contribution in [-0.2, 0) is 6.54 Å². The molecule has 0 aromatic carbocycles. The molecule has 2 rings (SSSR count). The van der Waals surface area contributed by atoms with E-state index in [0.717, 1.165) is 18.5 Å². The number of thiophene rings is 1. The Morgan fingerprint density at radius 3 is 2.75 bits per heavy atom. The van der Waals surface area contributed by atoms with Crippen LogP contribution in [0, 0.1) is 5.92 Å². The standard InChI is InChI=1S/C13H20BrNS/c1-10(2)5-6-15(12-3-4-12)8-13-7-11(14)9-16-13/h7,9-10,12H,3-6,8H2,1-2H3. The van der Waals surface area contributed by atoms with Gasteiger partial charge in [-0.25, -0.2) is 0 Å². The minimum atomic E-state index is 0.816. The fourth-order valence-electron chi connectivity index (χ4n) is 1.89. The van der Waals surface area contributed by atoms with E-state index in [9.17, 15) is 0 Å². The monoisotopic (exact) mass is 301 g/mol. The van der Waals surface area contributed by atoms with Crippen molar-refractivity contribution in [3.8, 4) is 0 Å². The zero-order valence-corrected chi connectivity index (χ0v) is 12.5. The smallest absolute Gasteiger partial charge is 0.0331 e. The Kier molecular flexibility index (Phi) is 4.45. The molecule has 1 aromatic heterocycles. The molecule has 0 bridgehead atoms. The van der Waals surface area contributed by atoms with Crippen molar-refractivity contribution >= 4 is 27.3 Å². The van der Waals surface area contributed by atoms with Gasteiger partial charge in [0.05, 0.1) is 0 Å². The number of hydrogen-bond acceptors (Lipinski definition) is 2. The van der Waals surface area contributed by atoms with Crippen LogP contribution in [0.4, 0.5) is 0 Å². The highest BCUT2D eigenvalue weighted by Crippen LogP contribution is 2.30. The molecular formula is C13H20BrNS. The maximum atomic E-state index is 3.53. The van der Waals surface area contributed by atoms with E-state index < -0.39 is 0 Å². The first kappa shape index (κ1) is 12.6. The van der Waals surface area contributed by atoms with Gasteiger partial charge in [0.15, 0.2) is 0 Å². The predicted molar refractivity (Wildman–Crippen MR) is 74.9 cm³/mol. The minimum Gasteiger partial charge on any atom is -0.295 e. The second kappa shape index (κ2) is 5.65. The third-order valence-electron chi connectivity index (χ3n) is 3.04. The van der Waals surface area contributed by atoms with Crippen LogP contribution in [0.3, 0.4) is 0 Å². The maximum absolute atomic E-state index is 3.53. The zero-order valence-electron chi connectivity index (χ0n) is 10.1. The molecule has 1 aromatic rings.